The molecule has 3 rings (SSSR count). The minimum Gasteiger partial charge on any atom is -0.480 e. The van der Waals surface area contributed by atoms with Gasteiger partial charge < -0.3 is 15.2 Å². The predicted octanol–water partition coefficient (Wildman–Crippen LogP) is 2.30. The molecule has 0 unspecified atom stereocenters. The minimum atomic E-state index is -0.925. The maximum Gasteiger partial charge on any atom is 0.329 e. The van der Waals surface area contributed by atoms with Gasteiger partial charge in [-0.2, -0.15) is 0 Å². The summed E-state index contributed by atoms with van der Waals surface area (Å²) in [5.74, 6) is -0.925. The third kappa shape index (κ3) is 2.98. The number of carboxylic acid groups (broad SMARTS) is 1. The van der Waals surface area contributed by atoms with Crippen LogP contribution in [0.4, 0.5) is 0 Å². The van der Waals surface area contributed by atoms with Gasteiger partial charge in [-0.3, -0.25) is 0 Å². The molecule has 0 amide bonds. The van der Waals surface area contributed by atoms with Crippen LogP contribution in [0.3, 0.4) is 0 Å². The van der Waals surface area contributed by atoms with E-state index in [4.69, 9.17) is 9.84 Å². The van der Waals surface area contributed by atoms with Gasteiger partial charge >= 0.3 is 5.97 Å². The molecule has 2 N–H and O–H groups in total. The van der Waals surface area contributed by atoms with E-state index in [0.29, 0.717) is 5.41 Å². The summed E-state index contributed by atoms with van der Waals surface area (Å²) in [4.78, 5) is 15.1. The van der Waals surface area contributed by atoms with Crippen molar-refractivity contribution in [3.05, 3.63) is 28.5 Å². The van der Waals surface area contributed by atoms with Crippen molar-refractivity contribution in [1.29, 1.82) is 0 Å². The van der Waals surface area contributed by atoms with E-state index < -0.39 is 11.6 Å². The summed E-state index contributed by atoms with van der Waals surface area (Å²) in [6.07, 6.45) is 5.83. The lowest BCUT2D eigenvalue weighted by Crippen LogP contribution is -2.55. The van der Waals surface area contributed by atoms with Crippen LogP contribution in [0.15, 0.2) is 22.9 Å². The number of pyridine rings is 1. The van der Waals surface area contributed by atoms with E-state index in [1.54, 1.807) is 6.20 Å². The fourth-order valence-electron chi connectivity index (χ4n) is 3.71. The standard InChI is InChI=1S/C15H19BrN2O3/c16-12-2-1-11(7-18-12)15(21-8-13(19)20)9-14(10-15)3-5-17-6-4-14/h1-2,7,17H,3-6,8-10H2,(H,19,20). The number of hydrogen-bond donors (Lipinski definition) is 2. The first-order valence-electron chi connectivity index (χ1n) is 7.22. The Balaban J connectivity index is 1.80. The van der Waals surface area contributed by atoms with Gasteiger partial charge in [0.1, 0.15) is 11.2 Å². The highest BCUT2D eigenvalue weighted by atomic mass is 79.9. The Morgan fingerprint density at radius 3 is 2.67 bits per heavy atom. The zero-order valence-electron chi connectivity index (χ0n) is 11.8. The second-order valence-corrected chi connectivity index (χ2v) is 6.96. The molecule has 0 radical (unpaired) electrons. The number of aromatic nitrogens is 1. The van der Waals surface area contributed by atoms with Gasteiger partial charge in [-0.15, -0.1) is 0 Å². The quantitative estimate of drug-likeness (QED) is 0.811. The molecular weight excluding hydrogens is 336 g/mol. The van der Waals surface area contributed by atoms with Crippen molar-refractivity contribution in [3.8, 4) is 0 Å². The lowest BCUT2D eigenvalue weighted by atomic mass is 9.53. The molecular formula is C15H19BrN2O3. The van der Waals surface area contributed by atoms with E-state index in [1.807, 2.05) is 12.1 Å². The number of hydrogen-bond acceptors (Lipinski definition) is 4. The molecule has 5 nitrogen and oxygen atoms in total. The smallest absolute Gasteiger partial charge is 0.329 e. The van der Waals surface area contributed by atoms with Gasteiger partial charge in [-0.1, -0.05) is 6.07 Å². The van der Waals surface area contributed by atoms with E-state index in [2.05, 4.69) is 26.2 Å². The Labute approximate surface area is 132 Å². The predicted molar refractivity (Wildman–Crippen MR) is 81.0 cm³/mol. The molecule has 2 heterocycles. The van der Waals surface area contributed by atoms with Crippen LogP contribution in [0.25, 0.3) is 0 Å². The first-order valence-corrected chi connectivity index (χ1v) is 8.02. The highest BCUT2D eigenvalue weighted by molar-refractivity contribution is 9.10. The highest BCUT2D eigenvalue weighted by Crippen LogP contribution is 2.60. The van der Waals surface area contributed by atoms with Crippen LogP contribution in [0.2, 0.25) is 0 Å². The Bertz CT molecular complexity index is 518. The number of carboxylic acids is 1. The lowest BCUT2D eigenvalue weighted by molar-refractivity contribution is -0.194. The van der Waals surface area contributed by atoms with Gasteiger partial charge in [0.05, 0.1) is 5.60 Å². The summed E-state index contributed by atoms with van der Waals surface area (Å²) in [6, 6.07) is 3.86. The third-order valence-corrected chi connectivity index (χ3v) is 5.18. The average Bonchev–Trinajstić information content (AvgIpc) is 2.44. The van der Waals surface area contributed by atoms with Gasteiger partial charge in [0, 0.05) is 11.8 Å². The van der Waals surface area contributed by atoms with Gasteiger partial charge in [0.2, 0.25) is 0 Å². The second kappa shape index (κ2) is 5.66. The van der Waals surface area contributed by atoms with Gasteiger partial charge in [-0.05, 0) is 66.2 Å². The number of carbonyl (C=O) groups is 1. The number of ether oxygens (including phenoxy) is 1. The van der Waals surface area contributed by atoms with Crippen molar-refractivity contribution in [1.82, 2.24) is 10.3 Å². The number of rotatable bonds is 4. The topological polar surface area (TPSA) is 71.5 Å². The summed E-state index contributed by atoms with van der Waals surface area (Å²) in [5.41, 5.74) is 0.802. The van der Waals surface area contributed by atoms with Crippen LogP contribution in [-0.2, 0) is 15.1 Å². The Morgan fingerprint density at radius 1 is 1.38 bits per heavy atom. The first kappa shape index (κ1) is 14.9. The van der Waals surface area contributed by atoms with Crippen molar-refractivity contribution < 1.29 is 14.6 Å². The fraction of sp³-hybridized carbons (Fsp3) is 0.600. The van der Waals surface area contributed by atoms with Crippen LogP contribution < -0.4 is 5.32 Å². The van der Waals surface area contributed by atoms with E-state index >= 15 is 0 Å². The average molecular weight is 355 g/mol. The first-order chi connectivity index (χ1) is 10.0. The number of nitrogens with zero attached hydrogens (tertiary/aromatic N) is 1. The maximum atomic E-state index is 10.9. The fourth-order valence-corrected chi connectivity index (χ4v) is 3.94. The summed E-state index contributed by atoms with van der Waals surface area (Å²) >= 11 is 3.33. The van der Waals surface area contributed by atoms with Crippen molar-refractivity contribution in [2.24, 2.45) is 5.41 Å². The van der Waals surface area contributed by atoms with E-state index in [0.717, 1.165) is 48.9 Å². The zero-order chi connectivity index (χ0) is 14.9. The Kier molecular flexibility index (Phi) is 4.03. The van der Waals surface area contributed by atoms with Crippen LogP contribution in [-0.4, -0.2) is 35.8 Å². The number of aliphatic carboxylic acids is 1. The largest absolute Gasteiger partial charge is 0.480 e. The molecule has 1 aliphatic heterocycles. The lowest BCUT2D eigenvalue weighted by Gasteiger charge is -2.57. The molecule has 1 aromatic heterocycles. The summed E-state index contributed by atoms with van der Waals surface area (Å²) < 4.78 is 6.58. The van der Waals surface area contributed by atoms with Gasteiger partial charge in [-0.25, -0.2) is 9.78 Å². The molecule has 2 fully saturated rings. The van der Waals surface area contributed by atoms with Gasteiger partial charge in [0.15, 0.2) is 0 Å². The Morgan fingerprint density at radius 2 is 2.10 bits per heavy atom. The van der Waals surface area contributed by atoms with Crippen LogP contribution in [0, 0.1) is 5.41 Å². The maximum absolute atomic E-state index is 10.9. The molecule has 1 spiro atoms. The molecule has 1 saturated heterocycles. The minimum absolute atomic E-state index is 0.260. The molecule has 6 heteroatoms. The summed E-state index contributed by atoms with van der Waals surface area (Å²) in [6.45, 7) is 1.81. The zero-order valence-corrected chi connectivity index (χ0v) is 13.4. The number of halogens is 1. The molecule has 1 aliphatic carbocycles. The van der Waals surface area contributed by atoms with Gasteiger partial charge in [0.25, 0.3) is 0 Å². The SMILES string of the molecule is O=C(O)COC1(c2ccc(Br)nc2)CC2(CCNCC2)C1. The Hall–Kier alpha value is -0.980. The van der Waals surface area contributed by atoms with Crippen molar-refractivity contribution >= 4 is 21.9 Å². The van der Waals surface area contributed by atoms with Crippen molar-refractivity contribution in [2.45, 2.75) is 31.3 Å². The second-order valence-electron chi connectivity index (χ2n) is 6.15. The van der Waals surface area contributed by atoms with E-state index in [-0.39, 0.29) is 6.61 Å². The van der Waals surface area contributed by atoms with Crippen LogP contribution >= 0.6 is 15.9 Å². The van der Waals surface area contributed by atoms with E-state index in [9.17, 15) is 4.79 Å². The van der Waals surface area contributed by atoms with Crippen LogP contribution in [0.1, 0.15) is 31.2 Å². The summed E-state index contributed by atoms with van der Waals surface area (Å²) in [5, 5.41) is 12.3. The normalized spacial score (nSPS) is 22.7. The van der Waals surface area contributed by atoms with Crippen molar-refractivity contribution in [2.75, 3.05) is 19.7 Å². The third-order valence-electron chi connectivity index (χ3n) is 4.71. The van der Waals surface area contributed by atoms with Crippen LogP contribution in [0.5, 0.6) is 0 Å². The number of nitrogens with one attached hydrogen (secondary N) is 1. The molecule has 1 aromatic rings. The molecule has 0 atom stereocenters. The molecule has 114 valence electrons. The highest BCUT2D eigenvalue weighted by Gasteiger charge is 2.56. The van der Waals surface area contributed by atoms with Crippen molar-refractivity contribution in [3.63, 3.8) is 0 Å². The molecule has 0 bridgehead atoms. The summed E-state index contributed by atoms with van der Waals surface area (Å²) in [7, 11) is 0. The molecule has 21 heavy (non-hydrogen) atoms. The number of piperidine rings is 1. The molecule has 1 saturated carbocycles. The molecule has 2 aliphatic rings. The molecule has 0 aromatic carbocycles. The monoisotopic (exact) mass is 354 g/mol. The van der Waals surface area contributed by atoms with E-state index in [1.165, 1.54) is 0 Å².